The molecule has 0 atom stereocenters. The Morgan fingerprint density at radius 3 is 1.44 bits per heavy atom. The molecule has 2 nitrogen and oxygen atoms in total. The van der Waals surface area contributed by atoms with Crippen molar-refractivity contribution in [2.24, 2.45) is 0 Å². The van der Waals surface area contributed by atoms with Gasteiger partial charge in [-0.25, -0.2) is 4.67 Å². The predicted octanol–water partition coefficient (Wildman–Crippen LogP) is 4.78. The molecule has 3 heteroatoms. The minimum absolute atomic E-state index is 0.386. The highest BCUT2D eigenvalue weighted by Gasteiger charge is 2.41. The van der Waals surface area contributed by atoms with Crippen LogP contribution in [0.5, 0.6) is 0 Å². The first kappa shape index (κ1) is 17.7. The highest BCUT2D eigenvalue weighted by Crippen LogP contribution is 2.52. The second kappa shape index (κ2) is 7.00. The van der Waals surface area contributed by atoms with Crippen LogP contribution in [0.2, 0.25) is 0 Å². The van der Waals surface area contributed by atoms with E-state index in [4.69, 9.17) is 0 Å². The van der Waals surface area contributed by atoms with Gasteiger partial charge in [0.1, 0.15) is 0 Å². The Hall–Kier alpha value is -2.15. The summed E-state index contributed by atoms with van der Waals surface area (Å²) < 4.78 is 16.5. The summed E-state index contributed by atoms with van der Waals surface area (Å²) in [7, 11) is -1.00. The lowest BCUT2D eigenvalue weighted by molar-refractivity contribution is 0.274. The fourth-order valence-electron chi connectivity index (χ4n) is 3.14. The van der Waals surface area contributed by atoms with Gasteiger partial charge in [-0.1, -0.05) is 66.7 Å². The molecule has 0 aromatic heterocycles. The maximum Gasteiger partial charge on any atom is 0.207 e. The molecule has 0 aliphatic heterocycles. The molecule has 0 amide bonds. The van der Waals surface area contributed by atoms with Gasteiger partial charge in [0.2, 0.25) is 7.29 Å². The van der Waals surface area contributed by atoms with Crippen molar-refractivity contribution in [3.05, 3.63) is 96.6 Å². The Morgan fingerprint density at radius 2 is 1.04 bits per heavy atom. The molecule has 0 aliphatic rings. The normalized spacial score (nSPS) is 12.3. The van der Waals surface area contributed by atoms with Crippen LogP contribution in [0.3, 0.4) is 0 Å². The van der Waals surface area contributed by atoms with Crippen LogP contribution < -0.4 is 10.6 Å². The molecule has 0 radical (unpaired) electrons. The topological polar surface area (TPSA) is 20.3 Å². The molecule has 0 bridgehead atoms. The average molecular weight is 349 g/mol. The van der Waals surface area contributed by atoms with Crippen LogP contribution in [-0.2, 0) is 10.1 Å². The standard InChI is InChI=1S/C22H24NOP/c1-22(2,19-13-7-4-8-14-19)23(3)25(24,20-15-9-5-10-16-20)21-17-11-6-12-18-21/h4-18H,1-3H3. The third kappa shape index (κ3) is 3.20. The van der Waals surface area contributed by atoms with Crippen LogP contribution in [0.1, 0.15) is 19.4 Å². The highest BCUT2D eigenvalue weighted by atomic mass is 31.2. The van der Waals surface area contributed by atoms with Crippen molar-refractivity contribution in [3.8, 4) is 0 Å². The lowest BCUT2D eigenvalue weighted by atomic mass is 9.95. The second-order valence-corrected chi connectivity index (χ2v) is 9.48. The first-order valence-electron chi connectivity index (χ1n) is 8.48. The average Bonchev–Trinajstić information content (AvgIpc) is 2.68. The van der Waals surface area contributed by atoms with Crippen LogP contribution in [0.25, 0.3) is 0 Å². The number of benzene rings is 3. The summed E-state index contributed by atoms with van der Waals surface area (Å²) >= 11 is 0. The van der Waals surface area contributed by atoms with E-state index in [2.05, 4.69) is 26.0 Å². The molecule has 0 aliphatic carbocycles. The first-order valence-corrected chi connectivity index (χ1v) is 10.1. The molecule has 0 saturated heterocycles. The van der Waals surface area contributed by atoms with Crippen LogP contribution in [0, 0.1) is 0 Å². The Labute approximate surface area is 150 Å². The second-order valence-electron chi connectivity index (χ2n) is 6.70. The van der Waals surface area contributed by atoms with Gasteiger partial charge in [-0.15, -0.1) is 0 Å². The van der Waals surface area contributed by atoms with Crippen molar-refractivity contribution < 1.29 is 4.57 Å². The van der Waals surface area contributed by atoms with Gasteiger partial charge in [-0.3, -0.25) is 4.57 Å². The zero-order valence-electron chi connectivity index (χ0n) is 15.0. The summed E-state index contributed by atoms with van der Waals surface area (Å²) in [5.74, 6) is 0. The van der Waals surface area contributed by atoms with Crippen LogP contribution in [-0.4, -0.2) is 11.7 Å². The largest absolute Gasteiger partial charge is 0.296 e. The molecule has 0 fully saturated rings. The first-order chi connectivity index (χ1) is 12.0. The van der Waals surface area contributed by atoms with Gasteiger partial charge in [0.15, 0.2) is 0 Å². The molecule has 0 saturated carbocycles. The van der Waals surface area contributed by atoms with E-state index in [1.807, 2.05) is 90.6 Å². The summed E-state index contributed by atoms with van der Waals surface area (Å²) in [5, 5.41) is 1.71. The van der Waals surface area contributed by atoms with E-state index in [9.17, 15) is 4.57 Å². The van der Waals surface area contributed by atoms with E-state index in [-0.39, 0.29) is 5.54 Å². The number of nitrogens with zero attached hydrogens (tertiary/aromatic N) is 1. The molecule has 0 unspecified atom stereocenters. The van der Waals surface area contributed by atoms with Crippen molar-refractivity contribution in [2.75, 3.05) is 7.05 Å². The van der Waals surface area contributed by atoms with E-state index >= 15 is 0 Å². The zero-order chi connectivity index (χ0) is 17.9. The minimum atomic E-state index is -2.97. The third-order valence-corrected chi connectivity index (χ3v) is 8.27. The molecule has 0 spiro atoms. The molecule has 0 N–H and O–H groups in total. The molecule has 3 rings (SSSR count). The quantitative estimate of drug-likeness (QED) is 0.618. The van der Waals surface area contributed by atoms with E-state index in [1.165, 1.54) is 0 Å². The van der Waals surface area contributed by atoms with E-state index in [0.29, 0.717) is 0 Å². The minimum Gasteiger partial charge on any atom is -0.296 e. The number of hydrogen-bond donors (Lipinski definition) is 0. The third-order valence-electron chi connectivity index (χ3n) is 4.92. The molecule has 25 heavy (non-hydrogen) atoms. The van der Waals surface area contributed by atoms with Crippen molar-refractivity contribution in [3.63, 3.8) is 0 Å². The van der Waals surface area contributed by atoms with Gasteiger partial charge < -0.3 is 0 Å². The monoisotopic (exact) mass is 349 g/mol. The van der Waals surface area contributed by atoms with E-state index in [1.54, 1.807) is 0 Å². The Kier molecular flexibility index (Phi) is 4.94. The van der Waals surface area contributed by atoms with Gasteiger partial charge in [-0.2, -0.15) is 0 Å². The molecule has 0 heterocycles. The lowest BCUT2D eigenvalue weighted by Crippen LogP contribution is -2.41. The van der Waals surface area contributed by atoms with Gasteiger partial charge in [0.25, 0.3) is 0 Å². The van der Waals surface area contributed by atoms with Crippen molar-refractivity contribution in [2.45, 2.75) is 19.4 Å². The van der Waals surface area contributed by atoms with Gasteiger partial charge in [0.05, 0.1) is 0 Å². The van der Waals surface area contributed by atoms with Gasteiger partial charge >= 0.3 is 0 Å². The van der Waals surface area contributed by atoms with Gasteiger partial charge in [-0.05, 0) is 50.7 Å². The Balaban J connectivity index is 2.18. The fraction of sp³-hybridized carbons (Fsp3) is 0.182. The van der Waals surface area contributed by atoms with E-state index < -0.39 is 7.29 Å². The summed E-state index contributed by atoms with van der Waals surface area (Å²) in [6.45, 7) is 4.25. The molecular weight excluding hydrogens is 325 g/mol. The number of rotatable bonds is 5. The summed E-state index contributed by atoms with van der Waals surface area (Å²) in [6.07, 6.45) is 0. The molecular formula is C22H24NOP. The summed E-state index contributed by atoms with van der Waals surface area (Å²) in [6, 6.07) is 29.8. The summed E-state index contributed by atoms with van der Waals surface area (Å²) in [5.41, 5.74) is 0.757. The van der Waals surface area contributed by atoms with Crippen molar-refractivity contribution in [1.29, 1.82) is 0 Å². The summed E-state index contributed by atoms with van der Waals surface area (Å²) in [4.78, 5) is 0. The molecule has 3 aromatic carbocycles. The lowest BCUT2D eigenvalue weighted by Gasteiger charge is -2.41. The van der Waals surface area contributed by atoms with Gasteiger partial charge in [0, 0.05) is 16.1 Å². The fourth-order valence-corrected chi connectivity index (χ4v) is 6.10. The highest BCUT2D eigenvalue weighted by molar-refractivity contribution is 7.76. The smallest absolute Gasteiger partial charge is 0.207 e. The maximum atomic E-state index is 14.5. The zero-order valence-corrected chi connectivity index (χ0v) is 15.9. The van der Waals surface area contributed by atoms with Crippen LogP contribution in [0.4, 0.5) is 0 Å². The van der Waals surface area contributed by atoms with Crippen molar-refractivity contribution >= 4 is 17.9 Å². The molecule has 128 valence electrons. The SMILES string of the molecule is CN(C(C)(C)c1ccccc1)P(=O)(c1ccccc1)c1ccccc1. The predicted molar refractivity (Wildman–Crippen MR) is 107 cm³/mol. The maximum absolute atomic E-state index is 14.5. The van der Waals surface area contributed by atoms with Crippen LogP contribution >= 0.6 is 7.29 Å². The Morgan fingerprint density at radius 1 is 0.680 bits per heavy atom. The Bertz CT molecular complexity index is 817. The number of hydrogen-bond acceptors (Lipinski definition) is 1. The van der Waals surface area contributed by atoms with E-state index in [0.717, 1.165) is 16.2 Å². The van der Waals surface area contributed by atoms with Crippen molar-refractivity contribution in [1.82, 2.24) is 4.67 Å². The van der Waals surface area contributed by atoms with Crippen LogP contribution in [0.15, 0.2) is 91.0 Å². The molecule has 3 aromatic rings.